The van der Waals surface area contributed by atoms with E-state index in [-0.39, 0.29) is 15.2 Å². The van der Waals surface area contributed by atoms with E-state index in [1.807, 2.05) is 6.92 Å². The molecule has 17 heavy (non-hydrogen) atoms. The topological polar surface area (TPSA) is 58.2 Å². The molecule has 0 aromatic heterocycles. The monoisotopic (exact) mass is 344 g/mol. The number of rotatable bonds is 5. The maximum absolute atomic E-state index is 12.9. The molecular weight excluding hydrogens is 335 g/mol. The molecule has 0 aliphatic carbocycles. The van der Waals surface area contributed by atoms with Crippen LogP contribution in [0, 0.1) is 5.82 Å². The summed E-state index contributed by atoms with van der Waals surface area (Å²) < 4.78 is 40.8. The maximum atomic E-state index is 12.9. The first-order valence-electron chi connectivity index (χ1n) is 4.77. The van der Waals surface area contributed by atoms with Gasteiger partial charge in [-0.05, 0) is 34.5 Å². The first-order chi connectivity index (χ1) is 7.85. The van der Waals surface area contributed by atoms with Crippen LogP contribution >= 0.6 is 27.5 Å². The van der Waals surface area contributed by atoms with Crippen LogP contribution in [-0.2, 0) is 10.2 Å². The van der Waals surface area contributed by atoms with Gasteiger partial charge in [0, 0.05) is 11.0 Å². The van der Waals surface area contributed by atoms with Gasteiger partial charge in [-0.1, -0.05) is 18.5 Å². The molecule has 8 heteroatoms. The molecule has 0 saturated carbocycles. The number of nitrogens with one attached hydrogen (secondary N) is 2. The molecule has 1 aromatic carbocycles. The van der Waals surface area contributed by atoms with Crippen LogP contribution in [0.4, 0.5) is 10.1 Å². The van der Waals surface area contributed by atoms with Gasteiger partial charge < -0.3 is 0 Å². The van der Waals surface area contributed by atoms with Crippen LogP contribution in [0.25, 0.3) is 0 Å². The van der Waals surface area contributed by atoms with Gasteiger partial charge >= 0.3 is 0 Å². The average Bonchev–Trinajstić information content (AvgIpc) is 2.21. The van der Waals surface area contributed by atoms with Crippen molar-refractivity contribution in [2.24, 2.45) is 0 Å². The molecule has 2 N–H and O–H groups in total. The highest BCUT2D eigenvalue weighted by Gasteiger charge is 2.15. The Morgan fingerprint density at radius 1 is 1.47 bits per heavy atom. The highest BCUT2D eigenvalue weighted by molar-refractivity contribution is 9.10. The van der Waals surface area contributed by atoms with Crippen LogP contribution in [-0.4, -0.2) is 15.0 Å². The predicted molar refractivity (Wildman–Crippen MR) is 69.9 cm³/mol. The number of halogens is 3. The lowest BCUT2D eigenvalue weighted by Crippen LogP contribution is -2.30. The summed E-state index contributed by atoms with van der Waals surface area (Å²) in [6.07, 6.45) is 0.666. The highest BCUT2D eigenvalue weighted by Crippen LogP contribution is 2.32. The van der Waals surface area contributed by atoms with Gasteiger partial charge in [0.2, 0.25) is 0 Å². The third kappa shape index (κ3) is 4.42. The van der Waals surface area contributed by atoms with Crippen molar-refractivity contribution in [2.45, 2.75) is 13.3 Å². The summed E-state index contributed by atoms with van der Waals surface area (Å²) in [5.41, 5.74) is 0.108. The molecule has 1 rings (SSSR count). The van der Waals surface area contributed by atoms with E-state index in [1.54, 1.807) is 0 Å². The lowest BCUT2D eigenvalue weighted by atomic mass is 10.3. The second kappa shape index (κ2) is 5.99. The largest absolute Gasteiger partial charge is 0.299 e. The van der Waals surface area contributed by atoms with Crippen molar-refractivity contribution in [3.05, 3.63) is 27.4 Å². The zero-order valence-electron chi connectivity index (χ0n) is 8.93. The molecule has 96 valence electrons. The molecule has 0 fully saturated rings. The van der Waals surface area contributed by atoms with Gasteiger partial charge in [0.05, 0.1) is 10.7 Å². The smallest absolute Gasteiger partial charge is 0.268 e. The molecule has 1 aromatic rings. The normalized spacial score (nSPS) is 11.5. The van der Waals surface area contributed by atoms with E-state index >= 15 is 0 Å². The minimum Gasteiger partial charge on any atom is -0.268 e. The number of hydrogen-bond donors (Lipinski definition) is 2. The molecule has 0 spiro atoms. The summed E-state index contributed by atoms with van der Waals surface area (Å²) in [4.78, 5) is 0. The Morgan fingerprint density at radius 2 is 2.12 bits per heavy atom. The van der Waals surface area contributed by atoms with E-state index < -0.39 is 16.0 Å². The molecule has 0 unspecified atom stereocenters. The Labute approximate surface area is 113 Å². The van der Waals surface area contributed by atoms with E-state index in [0.717, 1.165) is 12.1 Å². The third-order valence-electron chi connectivity index (χ3n) is 1.79. The van der Waals surface area contributed by atoms with Crippen LogP contribution in [0.15, 0.2) is 16.6 Å². The molecule has 0 atom stereocenters. The number of hydrogen-bond acceptors (Lipinski definition) is 2. The van der Waals surface area contributed by atoms with Gasteiger partial charge in [-0.15, -0.1) is 0 Å². The van der Waals surface area contributed by atoms with E-state index in [1.165, 1.54) is 0 Å². The van der Waals surface area contributed by atoms with Gasteiger partial charge in [-0.3, -0.25) is 4.72 Å². The van der Waals surface area contributed by atoms with Crippen molar-refractivity contribution in [2.75, 3.05) is 11.3 Å². The highest BCUT2D eigenvalue weighted by atomic mass is 79.9. The average molecular weight is 346 g/mol. The standard InChI is InChI=1S/C9H11BrClFN2O2S/c1-2-3-13-17(15,16)14-9-7(10)4-6(12)5-8(9)11/h4-5,13-14H,2-3H2,1H3. The Morgan fingerprint density at radius 3 is 2.65 bits per heavy atom. The molecule has 0 heterocycles. The minimum atomic E-state index is -3.69. The summed E-state index contributed by atoms with van der Waals surface area (Å²) in [6.45, 7) is 2.15. The number of anilines is 1. The van der Waals surface area contributed by atoms with Crippen molar-refractivity contribution < 1.29 is 12.8 Å². The zero-order chi connectivity index (χ0) is 13.1. The molecule has 0 saturated heterocycles. The van der Waals surface area contributed by atoms with Crippen LogP contribution < -0.4 is 9.44 Å². The third-order valence-corrected chi connectivity index (χ3v) is 3.77. The van der Waals surface area contributed by atoms with E-state index in [2.05, 4.69) is 25.4 Å². The molecule has 4 nitrogen and oxygen atoms in total. The van der Waals surface area contributed by atoms with Crippen LogP contribution in [0.3, 0.4) is 0 Å². The van der Waals surface area contributed by atoms with E-state index in [0.29, 0.717) is 13.0 Å². The van der Waals surface area contributed by atoms with Crippen molar-refractivity contribution >= 4 is 43.4 Å². The van der Waals surface area contributed by atoms with Crippen LogP contribution in [0.1, 0.15) is 13.3 Å². The van der Waals surface area contributed by atoms with E-state index in [9.17, 15) is 12.8 Å². The van der Waals surface area contributed by atoms with Crippen LogP contribution in [0.5, 0.6) is 0 Å². The molecular formula is C9H11BrClFN2O2S. The Bertz CT molecular complexity index is 487. The summed E-state index contributed by atoms with van der Waals surface area (Å²) in [6, 6.07) is 2.16. The van der Waals surface area contributed by atoms with Crippen LogP contribution in [0.2, 0.25) is 5.02 Å². The summed E-state index contributed by atoms with van der Waals surface area (Å²) >= 11 is 8.79. The first kappa shape index (κ1) is 14.7. The second-order valence-electron chi connectivity index (χ2n) is 3.24. The maximum Gasteiger partial charge on any atom is 0.299 e. The Balaban J connectivity index is 2.96. The fourth-order valence-corrected chi connectivity index (χ4v) is 3.17. The lowest BCUT2D eigenvalue weighted by molar-refractivity contribution is 0.586. The first-order valence-corrected chi connectivity index (χ1v) is 7.43. The second-order valence-corrected chi connectivity index (χ2v) is 6.01. The van der Waals surface area contributed by atoms with Crippen molar-refractivity contribution in [1.82, 2.24) is 4.72 Å². The Hall–Kier alpha value is -0.370. The Kier molecular flexibility index (Phi) is 5.18. The van der Waals surface area contributed by atoms with Gasteiger partial charge in [-0.25, -0.2) is 4.39 Å². The SMILES string of the molecule is CCCNS(=O)(=O)Nc1c(Cl)cc(F)cc1Br. The fourth-order valence-electron chi connectivity index (χ4n) is 1.05. The van der Waals surface area contributed by atoms with E-state index in [4.69, 9.17) is 11.6 Å². The molecule has 0 aliphatic heterocycles. The lowest BCUT2D eigenvalue weighted by Gasteiger charge is -2.11. The van der Waals surface area contributed by atoms with Crippen molar-refractivity contribution in [1.29, 1.82) is 0 Å². The molecule has 0 amide bonds. The molecule has 0 aliphatic rings. The fraction of sp³-hybridized carbons (Fsp3) is 0.333. The number of benzene rings is 1. The summed E-state index contributed by atoms with van der Waals surface area (Å²) in [5.74, 6) is -0.550. The molecule has 0 bridgehead atoms. The minimum absolute atomic E-state index is 0.0150. The quantitative estimate of drug-likeness (QED) is 0.862. The molecule has 0 radical (unpaired) electrons. The van der Waals surface area contributed by atoms with Crippen molar-refractivity contribution in [3.8, 4) is 0 Å². The zero-order valence-corrected chi connectivity index (χ0v) is 12.1. The predicted octanol–water partition coefficient (Wildman–Crippen LogP) is 2.90. The van der Waals surface area contributed by atoms with Crippen molar-refractivity contribution in [3.63, 3.8) is 0 Å². The summed E-state index contributed by atoms with van der Waals surface area (Å²) in [5, 5.41) is -0.0150. The van der Waals surface area contributed by atoms with Gasteiger partial charge in [-0.2, -0.15) is 13.1 Å². The van der Waals surface area contributed by atoms with Gasteiger partial charge in [0.25, 0.3) is 10.2 Å². The van der Waals surface area contributed by atoms with Gasteiger partial charge in [0.1, 0.15) is 5.82 Å². The summed E-state index contributed by atoms with van der Waals surface area (Å²) in [7, 11) is -3.69. The van der Waals surface area contributed by atoms with Gasteiger partial charge in [0.15, 0.2) is 0 Å².